The van der Waals surface area contributed by atoms with E-state index >= 15 is 4.39 Å². The molecule has 0 amide bonds. The Labute approximate surface area is 182 Å². The van der Waals surface area contributed by atoms with Gasteiger partial charge in [0, 0.05) is 0 Å². The van der Waals surface area contributed by atoms with Gasteiger partial charge in [0.15, 0.2) is 35.3 Å². The number of nitrogens with two attached hydrogens (primary N) is 1. The highest BCUT2D eigenvalue weighted by Crippen LogP contribution is 2.43. The number of imidazole rings is 1. The van der Waals surface area contributed by atoms with Gasteiger partial charge < -0.3 is 19.9 Å². The van der Waals surface area contributed by atoms with E-state index in [1.165, 1.54) is 17.0 Å². The van der Waals surface area contributed by atoms with Crippen LogP contribution in [-0.2, 0) is 23.8 Å². The molecule has 2 aromatic heterocycles. The highest BCUT2D eigenvalue weighted by molar-refractivity contribution is 5.73. The molecule has 0 aromatic carbocycles. The minimum Gasteiger partial charge on any atom is -0.462 e. The Bertz CT molecular complexity index is 1100. The predicted molar refractivity (Wildman–Crippen MR) is 111 cm³/mol. The molecule has 1 fully saturated rings. The first-order chi connectivity index (χ1) is 15.0. The third-order valence-electron chi connectivity index (χ3n) is 5.08. The van der Waals surface area contributed by atoms with E-state index in [1.54, 1.807) is 27.7 Å². The molecule has 4 atom stereocenters. The number of rotatable bonds is 7. The number of H-pyrrole nitrogens is 1. The third kappa shape index (κ3) is 4.09. The van der Waals surface area contributed by atoms with Crippen LogP contribution in [0.2, 0.25) is 0 Å². The van der Waals surface area contributed by atoms with Crippen molar-refractivity contribution in [2.45, 2.75) is 51.8 Å². The van der Waals surface area contributed by atoms with Crippen LogP contribution in [-0.4, -0.2) is 55.9 Å². The maximum Gasteiger partial charge on any atom is 0.308 e. The molecule has 174 valence electrons. The van der Waals surface area contributed by atoms with E-state index in [9.17, 15) is 14.4 Å². The summed E-state index contributed by atoms with van der Waals surface area (Å²) < 4.78 is 33.6. The molecule has 1 saturated heterocycles. The van der Waals surface area contributed by atoms with Crippen molar-refractivity contribution in [2.24, 2.45) is 11.8 Å². The van der Waals surface area contributed by atoms with Gasteiger partial charge >= 0.3 is 11.9 Å². The van der Waals surface area contributed by atoms with Gasteiger partial charge in [-0.15, -0.1) is 0 Å². The number of hydrogen-bond acceptors (Lipinski definition) is 9. The molecule has 0 unspecified atom stereocenters. The van der Waals surface area contributed by atoms with Gasteiger partial charge in [0.2, 0.25) is 5.95 Å². The number of fused-ring (bicyclic) bond motifs is 1. The second-order valence-electron chi connectivity index (χ2n) is 8.16. The molecular weight excluding hydrogens is 425 g/mol. The zero-order valence-electron chi connectivity index (χ0n) is 18.2. The number of alkyl halides is 1. The summed E-state index contributed by atoms with van der Waals surface area (Å²) >= 11 is 0. The summed E-state index contributed by atoms with van der Waals surface area (Å²) in [5.74, 6) is -2.39. The number of nitrogens with zero attached hydrogens (tertiary/aromatic N) is 3. The first-order valence-corrected chi connectivity index (χ1v) is 10.1. The van der Waals surface area contributed by atoms with E-state index in [0.717, 1.165) is 0 Å². The van der Waals surface area contributed by atoms with Crippen molar-refractivity contribution in [3.8, 4) is 0 Å². The first-order valence-electron chi connectivity index (χ1n) is 10.1. The summed E-state index contributed by atoms with van der Waals surface area (Å²) in [4.78, 5) is 46.7. The van der Waals surface area contributed by atoms with Crippen molar-refractivity contribution in [3.63, 3.8) is 0 Å². The Hall–Kier alpha value is -3.28. The molecule has 3 rings (SSSR count). The smallest absolute Gasteiger partial charge is 0.308 e. The molecule has 0 saturated carbocycles. The van der Waals surface area contributed by atoms with Crippen molar-refractivity contribution in [2.75, 3.05) is 12.3 Å². The number of nitrogen functional groups attached to an aromatic ring is 1. The van der Waals surface area contributed by atoms with Crippen molar-refractivity contribution in [3.05, 3.63) is 29.3 Å². The van der Waals surface area contributed by atoms with Gasteiger partial charge in [0.25, 0.3) is 5.56 Å². The average Bonchev–Trinajstić information content (AvgIpc) is 3.26. The monoisotopic (exact) mass is 451 g/mol. The molecule has 3 N–H and O–H groups in total. The number of halogens is 1. The highest BCUT2D eigenvalue weighted by Gasteiger charge is 2.58. The van der Waals surface area contributed by atoms with Crippen molar-refractivity contribution < 1.29 is 28.2 Å². The van der Waals surface area contributed by atoms with Crippen molar-refractivity contribution in [1.29, 1.82) is 0 Å². The Morgan fingerprint density at radius 2 is 2.03 bits per heavy atom. The van der Waals surface area contributed by atoms with E-state index in [4.69, 9.17) is 19.9 Å². The Morgan fingerprint density at radius 3 is 2.62 bits per heavy atom. The fourth-order valence-corrected chi connectivity index (χ4v) is 3.23. The largest absolute Gasteiger partial charge is 0.462 e. The standard InChI is InChI=1S/C20H26FN5O6/c1-6-20(7-30-17(28)9(2)3)13(31-18(29)10(4)5)11(21)16(32-20)26-8-23-12-14(26)24-19(22)25-15(12)27/h6,8-11,13,16H,1,7H2,2-5H3,(H3,22,24,25,27)/t11-,13-,16+,20+/m0/s1. The van der Waals surface area contributed by atoms with Crippen LogP contribution in [0, 0.1) is 11.8 Å². The Balaban J connectivity index is 2.04. The third-order valence-corrected chi connectivity index (χ3v) is 5.08. The summed E-state index contributed by atoms with van der Waals surface area (Å²) in [6.07, 6.45) is -2.44. The minimum absolute atomic E-state index is 0.0214. The molecule has 0 spiro atoms. The van der Waals surface area contributed by atoms with Gasteiger partial charge in [-0.1, -0.05) is 40.3 Å². The van der Waals surface area contributed by atoms with Crippen LogP contribution in [0.15, 0.2) is 23.8 Å². The molecule has 2 aromatic rings. The van der Waals surface area contributed by atoms with Crippen molar-refractivity contribution in [1.82, 2.24) is 19.5 Å². The molecule has 1 aliphatic heterocycles. The number of aromatic amines is 1. The molecule has 0 radical (unpaired) electrons. The van der Waals surface area contributed by atoms with Crippen LogP contribution < -0.4 is 11.3 Å². The molecule has 0 aliphatic carbocycles. The van der Waals surface area contributed by atoms with Crippen LogP contribution in [0.1, 0.15) is 33.9 Å². The van der Waals surface area contributed by atoms with Crippen LogP contribution in [0.5, 0.6) is 0 Å². The number of carbonyl (C=O) groups is 2. The van der Waals surface area contributed by atoms with Crippen LogP contribution in [0.4, 0.5) is 10.3 Å². The highest BCUT2D eigenvalue weighted by atomic mass is 19.1. The first kappa shape index (κ1) is 23.4. The van der Waals surface area contributed by atoms with E-state index in [2.05, 4.69) is 21.5 Å². The van der Waals surface area contributed by atoms with Gasteiger partial charge in [0.05, 0.1) is 18.2 Å². The zero-order valence-corrected chi connectivity index (χ0v) is 18.2. The van der Waals surface area contributed by atoms with Gasteiger partial charge in [0.1, 0.15) is 6.61 Å². The maximum absolute atomic E-state index is 15.7. The second-order valence-corrected chi connectivity index (χ2v) is 8.16. The zero-order chi connectivity index (χ0) is 23.8. The minimum atomic E-state index is -1.94. The number of hydrogen-bond donors (Lipinski definition) is 2. The molecular formula is C20H26FN5O6. The van der Waals surface area contributed by atoms with E-state index in [-0.39, 0.29) is 17.1 Å². The number of ether oxygens (including phenoxy) is 3. The van der Waals surface area contributed by atoms with Crippen molar-refractivity contribution >= 4 is 29.1 Å². The molecule has 12 heteroatoms. The number of esters is 2. The van der Waals surface area contributed by atoms with Crippen LogP contribution in [0.25, 0.3) is 11.2 Å². The number of aromatic nitrogens is 4. The number of carbonyl (C=O) groups excluding carboxylic acids is 2. The molecule has 1 aliphatic rings. The topological polar surface area (TPSA) is 151 Å². The molecule has 11 nitrogen and oxygen atoms in total. The lowest BCUT2D eigenvalue weighted by Crippen LogP contribution is -2.48. The summed E-state index contributed by atoms with van der Waals surface area (Å²) in [6, 6.07) is 0. The van der Waals surface area contributed by atoms with Gasteiger partial charge in [-0.25, -0.2) is 9.37 Å². The summed E-state index contributed by atoms with van der Waals surface area (Å²) in [5, 5.41) is 0. The number of nitrogens with one attached hydrogen (secondary N) is 1. The lowest BCUT2D eigenvalue weighted by molar-refractivity contribution is -0.172. The SMILES string of the molecule is C=C[C@]1(COC(=O)C(C)C)O[C@@H](n2cnc3c(=O)[nH]c(N)nc32)[C@@H](F)[C@@H]1OC(=O)C(C)C. The fourth-order valence-electron chi connectivity index (χ4n) is 3.23. The summed E-state index contributed by atoms with van der Waals surface area (Å²) in [7, 11) is 0. The van der Waals surface area contributed by atoms with Gasteiger partial charge in [-0.05, 0) is 0 Å². The van der Waals surface area contributed by atoms with Gasteiger partial charge in [-0.2, -0.15) is 4.98 Å². The van der Waals surface area contributed by atoms with Crippen LogP contribution >= 0.6 is 0 Å². The van der Waals surface area contributed by atoms with Gasteiger partial charge in [-0.3, -0.25) is 23.9 Å². The number of anilines is 1. The van der Waals surface area contributed by atoms with E-state index < -0.39 is 60.0 Å². The lowest BCUT2D eigenvalue weighted by atomic mass is 9.96. The second kappa shape index (κ2) is 8.69. The molecule has 32 heavy (non-hydrogen) atoms. The lowest BCUT2D eigenvalue weighted by Gasteiger charge is -2.31. The summed E-state index contributed by atoms with van der Waals surface area (Å²) in [6.45, 7) is 9.72. The van der Waals surface area contributed by atoms with Crippen LogP contribution in [0.3, 0.4) is 0 Å². The molecule has 0 bridgehead atoms. The fraction of sp³-hybridized carbons (Fsp3) is 0.550. The quantitative estimate of drug-likeness (QED) is 0.468. The van der Waals surface area contributed by atoms with E-state index in [1.807, 2.05) is 0 Å². The predicted octanol–water partition coefficient (Wildman–Crippen LogP) is 1.26. The normalized spacial score (nSPS) is 25.4. The maximum atomic E-state index is 15.7. The Morgan fingerprint density at radius 1 is 1.38 bits per heavy atom. The average molecular weight is 451 g/mol. The van der Waals surface area contributed by atoms with E-state index in [0.29, 0.717) is 0 Å². The summed E-state index contributed by atoms with van der Waals surface area (Å²) in [5.41, 5.74) is 3.22. The molecule has 3 heterocycles. The Kier molecular flexibility index (Phi) is 6.35.